The number of carbonyl (C=O) groups is 1. The summed E-state index contributed by atoms with van der Waals surface area (Å²) >= 11 is 0. The van der Waals surface area contributed by atoms with Crippen LogP contribution in [0.3, 0.4) is 0 Å². The lowest BCUT2D eigenvalue weighted by atomic mass is 10.1. The van der Waals surface area contributed by atoms with Crippen LogP contribution >= 0.6 is 0 Å². The number of carbonyl (C=O) groups excluding carboxylic acids is 1. The molecular formula is C11H16N8O2. The third-order valence-electron chi connectivity index (χ3n) is 2.71. The Morgan fingerprint density at radius 3 is 2.38 bits per heavy atom. The molecule has 0 amide bonds. The third-order valence-corrected chi connectivity index (χ3v) is 2.71. The molecule has 0 radical (unpaired) electrons. The molecule has 0 aliphatic carbocycles. The monoisotopic (exact) mass is 292 g/mol. The van der Waals surface area contributed by atoms with Crippen LogP contribution in [0, 0.1) is 0 Å². The Kier molecular flexibility index (Phi) is 3.96. The summed E-state index contributed by atoms with van der Waals surface area (Å²) in [5, 5.41) is 7.80. The molecule has 2 heterocycles. The van der Waals surface area contributed by atoms with Gasteiger partial charge in [-0.3, -0.25) is 0 Å². The van der Waals surface area contributed by atoms with Crippen molar-refractivity contribution in [2.45, 2.75) is 26.3 Å². The molecule has 0 fully saturated rings. The lowest BCUT2D eigenvalue weighted by molar-refractivity contribution is 0.0592. The summed E-state index contributed by atoms with van der Waals surface area (Å²) < 4.78 is 6.21. The summed E-state index contributed by atoms with van der Waals surface area (Å²) in [6.07, 6.45) is 0. The van der Waals surface area contributed by atoms with Crippen LogP contribution in [0.4, 0.5) is 11.9 Å². The number of anilines is 2. The number of esters is 1. The number of ether oxygens (including phenoxy) is 1. The van der Waals surface area contributed by atoms with Crippen LogP contribution in [0.1, 0.15) is 41.8 Å². The van der Waals surface area contributed by atoms with Gasteiger partial charge in [0.05, 0.1) is 12.8 Å². The maximum absolute atomic E-state index is 11.7. The molecule has 2 rings (SSSR count). The van der Waals surface area contributed by atoms with Crippen molar-refractivity contribution in [3.8, 4) is 0 Å². The molecule has 10 nitrogen and oxygen atoms in total. The van der Waals surface area contributed by atoms with E-state index in [1.807, 2.05) is 13.8 Å². The van der Waals surface area contributed by atoms with Gasteiger partial charge in [-0.05, 0) is 5.92 Å². The van der Waals surface area contributed by atoms with Gasteiger partial charge in [-0.25, -0.2) is 9.48 Å². The first-order chi connectivity index (χ1) is 9.92. The summed E-state index contributed by atoms with van der Waals surface area (Å²) in [6.45, 7) is 4.00. The summed E-state index contributed by atoms with van der Waals surface area (Å²) in [4.78, 5) is 23.3. The maximum atomic E-state index is 11.7. The largest absolute Gasteiger partial charge is 0.464 e. The van der Waals surface area contributed by atoms with Crippen LogP contribution in [0.25, 0.3) is 0 Å². The first-order valence-corrected chi connectivity index (χ1v) is 6.20. The quantitative estimate of drug-likeness (QED) is 0.717. The third kappa shape index (κ3) is 3.04. The first-order valence-electron chi connectivity index (χ1n) is 6.20. The summed E-state index contributed by atoms with van der Waals surface area (Å²) in [5.41, 5.74) is 11.8. The van der Waals surface area contributed by atoms with E-state index < -0.39 is 5.97 Å². The zero-order valence-electron chi connectivity index (χ0n) is 11.9. The minimum atomic E-state index is -0.542. The van der Waals surface area contributed by atoms with Gasteiger partial charge in [-0.1, -0.05) is 19.1 Å². The molecule has 21 heavy (non-hydrogen) atoms. The van der Waals surface area contributed by atoms with Crippen molar-refractivity contribution in [3.63, 3.8) is 0 Å². The van der Waals surface area contributed by atoms with Crippen molar-refractivity contribution in [2.75, 3.05) is 18.6 Å². The smallest absolute Gasteiger partial charge is 0.360 e. The molecule has 0 aliphatic heterocycles. The van der Waals surface area contributed by atoms with Crippen LogP contribution in [0.2, 0.25) is 0 Å². The summed E-state index contributed by atoms with van der Waals surface area (Å²) in [7, 11) is 1.29. The zero-order valence-corrected chi connectivity index (χ0v) is 11.9. The van der Waals surface area contributed by atoms with E-state index in [0.717, 1.165) is 0 Å². The standard InChI is InChI=1S/C11H16N8O2/c1-5(2)8-7(9(20)21-3)17-18-19(8)4-6-14-10(12)16-11(13)15-6/h5H,4H2,1-3H3,(H4,12,13,14,15,16). The number of aromatic nitrogens is 6. The van der Waals surface area contributed by atoms with Gasteiger partial charge in [0.2, 0.25) is 11.9 Å². The van der Waals surface area contributed by atoms with Crippen molar-refractivity contribution in [2.24, 2.45) is 0 Å². The van der Waals surface area contributed by atoms with E-state index in [4.69, 9.17) is 16.2 Å². The Bertz CT molecular complexity index is 646. The van der Waals surface area contributed by atoms with Crippen LogP contribution < -0.4 is 11.5 Å². The van der Waals surface area contributed by atoms with Gasteiger partial charge in [0.15, 0.2) is 11.5 Å². The Morgan fingerprint density at radius 1 is 1.24 bits per heavy atom. The molecule has 4 N–H and O–H groups in total. The topological polar surface area (TPSA) is 148 Å². The van der Waals surface area contributed by atoms with Crippen molar-refractivity contribution in [3.05, 3.63) is 17.2 Å². The van der Waals surface area contributed by atoms with Crippen molar-refractivity contribution in [1.29, 1.82) is 0 Å². The van der Waals surface area contributed by atoms with Gasteiger partial charge in [-0.15, -0.1) is 5.10 Å². The zero-order chi connectivity index (χ0) is 15.6. The Labute approximate surface area is 120 Å². The highest BCUT2D eigenvalue weighted by Gasteiger charge is 2.23. The Morgan fingerprint density at radius 2 is 1.86 bits per heavy atom. The molecule has 112 valence electrons. The van der Waals surface area contributed by atoms with E-state index in [1.165, 1.54) is 11.8 Å². The normalized spacial score (nSPS) is 10.9. The summed E-state index contributed by atoms with van der Waals surface area (Å²) in [6, 6.07) is 0. The second kappa shape index (κ2) is 5.69. The number of methoxy groups -OCH3 is 1. The van der Waals surface area contributed by atoms with E-state index in [1.54, 1.807) is 0 Å². The van der Waals surface area contributed by atoms with Gasteiger partial charge >= 0.3 is 5.97 Å². The van der Waals surface area contributed by atoms with Crippen LogP contribution in [0.15, 0.2) is 0 Å². The fourth-order valence-corrected chi connectivity index (χ4v) is 1.91. The molecule has 0 saturated carbocycles. The van der Waals surface area contributed by atoms with Crippen molar-refractivity contribution in [1.82, 2.24) is 29.9 Å². The number of nitrogens with zero attached hydrogens (tertiary/aromatic N) is 6. The van der Waals surface area contributed by atoms with Gasteiger partial charge in [0, 0.05) is 0 Å². The SMILES string of the molecule is COC(=O)c1nnn(Cc2nc(N)nc(N)n2)c1C(C)C. The second-order valence-electron chi connectivity index (χ2n) is 4.60. The molecule has 0 aliphatic rings. The molecule has 0 spiro atoms. The Balaban J connectivity index is 2.40. The number of nitrogen functional groups attached to an aromatic ring is 2. The van der Waals surface area contributed by atoms with Gasteiger partial charge in [0.25, 0.3) is 0 Å². The maximum Gasteiger partial charge on any atom is 0.360 e. The molecule has 0 bridgehead atoms. The minimum Gasteiger partial charge on any atom is -0.464 e. The van der Waals surface area contributed by atoms with Gasteiger partial charge in [0.1, 0.15) is 6.54 Å². The minimum absolute atomic E-state index is 0.00521. The first kappa shape index (κ1) is 14.6. The highest BCUT2D eigenvalue weighted by molar-refractivity contribution is 5.88. The molecule has 0 aromatic carbocycles. The highest BCUT2D eigenvalue weighted by atomic mass is 16.5. The lowest BCUT2D eigenvalue weighted by Gasteiger charge is -2.10. The Hall–Kier alpha value is -2.78. The molecule has 2 aromatic heterocycles. The van der Waals surface area contributed by atoms with Crippen LogP contribution in [0.5, 0.6) is 0 Å². The van der Waals surface area contributed by atoms with Crippen molar-refractivity contribution >= 4 is 17.9 Å². The lowest BCUT2D eigenvalue weighted by Crippen LogP contribution is -2.15. The number of nitrogens with two attached hydrogens (primary N) is 2. The number of hydrogen-bond donors (Lipinski definition) is 2. The summed E-state index contributed by atoms with van der Waals surface area (Å²) in [5.74, 6) is -0.151. The van der Waals surface area contributed by atoms with E-state index >= 15 is 0 Å². The van der Waals surface area contributed by atoms with Crippen LogP contribution in [-0.4, -0.2) is 43.0 Å². The van der Waals surface area contributed by atoms with E-state index in [9.17, 15) is 4.79 Å². The predicted molar refractivity (Wildman–Crippen MR) is 73.2 cm³/mol. The van der Waals surface area contributed by atoms with Gasteiger partial charge < -0.3 is 16.2 Å². The molecule has 10 heteroatoms. The fraction of sp³-hybridized carbons (Fsp3) is 0.455. The second-order valence-corrected chi connectivity index (χ2v) is 4.60. The van der Waals surface area contributed by atoms with E-state index in [0.29, 0.717) is 11.5 Å². The molecular weight excluding hydrogens is 276 g/mol. The molecule has 0 unspecified atom stereocenters. The number of rotatable bonds is 4. The van der Waals surface area contributed by atoms with E-state index in [-0.39, 0.29) is 30.1 Å². The highest BCUT2D eigenvalue weighted by Crippen LogP contribution is 2.19. The van der Waals surface area contributed by atoms with Crippen LogP contribution in [-0.2, 0) is 11.3 Å². The number of hydrogen-bond acceptors (Lipinski definition) is 9. The average molecular weight is 292 g/mol. The predicted octanol–water partition coefficient (Wildman–Crippen LogP) is -0.414. The van der Waals surface area contributed by atoms with Gasteiger partial charge in [-0.2, -0.15) is 15.0 Å². The molecule has 0 saturated heterocycles. The average Bonchev–Trinajstić information content (AvgIpc) is 2.80. The fourth-order valence-electron chi connectivity index (χ4n) is 1.91. The van der Waals surface area contributed by atoms with Crippen molar-refractivity contribution < 1.29 is 9.53 Å². The molecule has 2 aromatic rings. The molecule has 0 atom stereocenters. The van der Waals surface area contributed by atoms with E-state index in [2.05, 4.69) is 25.3 Å².